The predicted octanol–water partition coefficient (Wildman–Crippen LogP) is 1.48. The molecule has 1 aromatic rings. The van der Waals surface area contributed by atoms with Crippen LogP contribution in [0.25, 0.3) is 0 Å². The second kappa shape index (κ2) is 8.90. The van der Waals surface area contributed by atoms with Crippen LogP contribution in [0.15, 0.2) is 16.6 Å². The van der Waals surface area contributed by atoms with Crippen LogP contribution in [-0.4, -0.2) is 54.5 Å². The Morgan fingerprint density at radius 3 is 2.57 bits per heavy atom. The summed E-state index contributed by atoms with van der Waals surface area (Å²) in [7, 11) is 1.45. The number of urea groups is 1. The molecule has 0 aromatic heterocycles. The lowest BCUT2D eigenvalue weighted by atomic mass is 9.98. The van der Waals surface area contributed by atoms with Crippen molar-refractivity contribution in [2.24, 2.45) is 0 Å². The zero-order chi connectivity index (χ0) is 21.9. The molecule has 5 amide bonds. The molecule has 2 aliphatic rings. The molecule has 1 aromatic carbocycles. The van der Waals surface area contributed by atoms with Gasteiger partial charge in [0, 0.05) is 5.56 Å². The fourth-order valence-corrected chi connectivity index (χ4v) is 4.21. The number of carbonyl (C=O) groups excluding carboxylic acids is 4. The van der Waals surface area contributed by atoms with E-state index in [4.69, 9.17) is 9.47 Å². The topological polar surface area (TPSA) is 126 Å². The van der Waals surface area contributed by atoms with E-state index >= 15 is 0 Å². The van der Waals surface area contributed by atoms with Gasteiger partial charge in [0.2, 0.25) is 0 Å². The average Bonchev–Trinajstić information content (AvgIpc) is 3.28. The SMILES string of the molecule is CCOc1c(Br)cc(C(=O)NNC(=O)CN2C(=O)NC3(CCCC3)C2=O)cc1OC. The number of rotatable bonds is 6. The van der Waals surface area contributed by atoms with Crippen molar-refractivity contribution < 1.29 is 28.7 Å². The van der Waals surface area contributed by atoms with Crippen molar-refractivity contribution in [3.63, 3.8) is 0 Å². The van der Waals surface area contributed by atoms with Crippen molar-refractivity contribution in [3.05, 3.63) is 22.2 Å². The van der Waals surface area contributed by atoms with Gasteiger partial charge in [-0.2, -0.15) is 0 Å². The third-order valence-corrected chi connectivity index (χ3v) is 5.69. The number of benzene rings is 1. The fraction of sp³-hybridized carbons (Fsp3) is 0.474. The number of methoxy groups -OCH3 is 1. The molecule has 30 heavy (non-hydrogen) atoms. The number of imide groups is 1. The molecule has 2 fully saturated rings. The van der Waals surface area contributed by atoms with E-state index in [1.54, 1.807) is 0 Å². The highest BCUT2D eigenvalue weighted by molar-refractivity contribution is 9.10. The predicted molar refractivity (Wildman–Crippen MR) is 109 cm³/mol. The lowest BCUT2D eigenvalue weighted by Gasteiger charge is -2.19. The minimum atomic E-state index is -0.883. The van der Waals surface area contributed by atoms with Crippen molar-refractivity contribution in [3.8, 4) is 11.5 Å². The zero-order valence-electron chi connectivity index (χ0n) is 16.7. The van der Waals surface area contributed by atoms with E-state index in [9.17, 15) is 19.2 Å². The van der Waals surface area contributed by atoms with E-state index in [1.807, 2.05) is 6.92 Å². The molecule has 0 atom stereocenters. The summed E-state index contributed by atoms with van der Waals surface area (Å²) in [6.07, 6.45) is 2.84. The van der Waals surface area contributed by atoms with Crippen LogP contribution in [0.1, 0.15) is 43.0 Å². The highest BCUT2D eigenvalue weighted by Crippen LogP contribution is 2.37. The van der Waals surface area contributed by atoms with Crippen LogP contribution in [0, 0.1) is 0 Å². The van der Waals surface area contributed by atoms with Crippen molar-refractivity contribution in [1.82, 2.24) is 21.1 Å². The molecule has 3 N–H and O–H groups in total. The van der Waals surface area contributed by atoms with Crippen LogP contribution in [0.4, 0.5) is 4.79 Å². The molecule has 1 heterocycles. The summed E-state index contributed by atoms with van der Waals surface area (Å²) < 4.78 is 11.2. The molecule has 0 unspecified atom stereocenters. The van der Waals surface area contributed by atoms with Crippen LogP contribution in [0.5, 0.6) is 11.5 Å². The van der Waals surface area contributed by atoms with E-state index < -0.39 is 35.8 Å². The Bertz CT molecular complexity index is 884. The first kappa shape index (κ1) is 21.9. The molecule has 1 saturated carbocycles. The number of halogens is 1. The summed E-state index contributed by atoms with van der Waals surface area (Å²) in [6, 6.07) is 2.40. The molecule has 0 bridgehead atoms. The number of nitrogens with zero attached hydrogens (tertiary/aromatic N) is 1. The molecule has 11 heteroatoms. The molecule has 10 nitrogen and oxygen atoms in total. The number of nitrogens with one attached hydrogen (secondary N) is 3. The molecular weight excluding hydrogens is 460 g/mol. The average molecular weight is 483 g/mol. The number of ether oxygens (including phenoxy) is 2. The van der Waals surface area contributed by atoms with Crippen molar-refractivity contribution in [2.75, 3.05) is 20.3 Å². The van der Waals surface area contributed by atoms with Crippen molar-refractivity contribution in [2.45, 2.75) is 38.1 Å². The Hall–Kier alpha value is -2.82. The first-order valence-corrected chi connectivity index (χ1v) is 10.3. The van der Waals surface area contributed by atoms with Gasteiger partial charge in [-0.3, -0.25) is 30.1 Å². The molecule has 1 aliphatic carbocycles. The Labute approximate surface area is 181 Å². The summed E-state index contributed by atoms with van der Waals surface area (Å²) in [6.45, 7) is 1.76. The molecule has 1 saturated heterocycles. The summed E-state index contributed by atoms with van der Waals surface area (Å²) >= 11 is 3.33. The second-order valence-electron chi connectivity index (χ2n) is 7.04. The monoisotopic (exact) mass is 482 g/mol. The van der Waals surface area contributed by atoms with Gasteiger partial charge in [-0.15, -0.1) is 0 Å². The summed E-state index contributed by atoms with van der Waals surface area (Å²) in [5.74, 6) is -0.885. The lowest BCUT2D eigenvalue weighted by Crippen LogP contribution is -2.48. The molecule has 1 spiro atoms. The maximum Gasteiger partial charge on any atom is 0.325 e. The highest BCUT2D eigenvalue weighted by Gasteiger charge is 2.52. The van der Waals surface area contributed by atoms with E-state index in [2.05, 4.69) is 32.1 Å². The van der Waals surface area contributed by atoms with Gasteiger partial charge in [-0.1, -0.05) is 12.8 Å². The van der Waals surface area contributed by atoms with Crippen LogP contribution in [0.3, 0.4) is 0 Å². The molecule has 3 rings (SSSR count). The van der Waals surface area contributed by atoms with E-state index in [0.29, 0.717) is 35.4 Å². The van der Waals surface area contributed by atoms with Gasteiger partial charge in [-0.25, -0.2) is 4.79 Å². The van der Waals surface area contributed by atoms with Crippen LogP contribution >= 0.6 is 15.9 Å². The maximum absolute atomic E-state index is 12.6. The third-order valence-electron chi connectivity index (χ3n) is 5.10. The maximum atomic E-state index is 12.6. The molecule has 0 radical (unpaired) electrons. The smallest absolute Gasteiger partial charge is 0.325 e. The van der Waals surface area contributed by atoms with Gasteiger partial charge in [0.15, 0.2) is 11.5 Å². The highest BCUT2D eigenvalue weighted by atomic mass is 79.9. The number of hydrogen-bond acceptors (Lipinski definition) is 6. The fourth-order valence-electron chi connectivity index (χ4n) is 3.65. The Morgan fingerprint density at radius 1 is 1.23 bits per heavy atom. The third kappa shape index (κ3) is 4.20. The minimum absolute atomic E-state index is 0.211. The Morgan fingerprint density at radius 2 is 1.93 bits per heavy atom. The lowest BCUT2D eigenvalue weighted by molar-refractivity contribution is -0.135. The van der Waals surface area contributed by atoms with Gasteiger partial charge in [0.1, 0.15) is 12.1 Å². The first-order valence-electron chi connectivity index (χ1n) is 9.55. The van der Waals surface area contributed by atoms with Gasteiger partial charge < -0.3 is 14.8 Å². The van der Waals surface area contributed by atoms with E-state index in [0.717, 1.165) is 17.7 Å². The number of amides is 5. The van der Waals surface area contributed by atoms with Gasteiger partial charge >= 0.3 is 6.03 Å². The van der Waals surface area contributed by atoms with E-state index in [-0.39, 0.29) is 5.56 Å². The summed E-state index contributed by atoms with van der Waals surface area (Å²) in [5, 5.41) is 2.70. The Kier molecular flexibility index (Phi) is 6.49. The number of hydrazine groups is 1. The molecular formula is C19H23BrN4O6. The van der Waals surface area contributed by atoms with Crippen molar-refractivity contribution in [1.29, 1.82) is 0 Å². The van der Waals surface area contributed by atoms with Crippen LogP contribution in [0.2, 0.25) is 0 Å². The van der Waals surface area contributed by atoms with Gasteiger partial charge in [0.25, 0.3) is 17.7 Å². The second-order valence-corrected chi connectivity index (χ2v) is 7.89. The van der Waals surface area contributed by atoms with E-state index in [1.165, 1.54) is 19.2 Å². The Balaban J connectivity index is 1.60. The van der Waals surface area contributed by atoms with Crippen LogP contribution < -0.4 is 25.6 Å². The van der Waals surface area contributed by atoms with Gasteiger partial charge in [0.05, 0.1) is 18.2 Å². The van der Waals surface area contributed by atoms with Crippen LogP contribution in [-0.2, 0) is 9.59 Å². The molecule has 1 aliphatic heterocycles. The number of carbonyl (C=O) groups is 4. The standard InChI is InChI=1S/C19H23BrN4O6/c1-3-30-15-12(20)8-11(9-13(15)29-2)16(26)23-22-14(25)10-24-17(27)19(21-18(24)28)6-4-5-7-19/h8-9H,3-7,10H2,1-2H3,(H,21,28)(H,22,25)(H,23,26). The molecule has 162 valence electrons. The van der Waals surface area contributed by atoms with Crippen molar-refractivity contribution >= 4 is 39.7 Å². The normalized spacial score (nSPS) is 17.1. The zero-order valence-corrected chi connectivity index (χ0v) is 18.3. The minimum Gasteiger partial charge on any atom is -0.493 e. The summed E-state index contributed by atoms with van der Waals surface area (Å²) in [4.78, 5) is 50.2. The first-order chi connectivity index (χ1) is 14.3. The summed E-state index contributed by atoms with van der Waals surface area (Å²) in [5.41, 5.74) is 3.82. The quantitative estimate of drug-likeness (QED) is 0.416. The van der Waals surface area contributed by atoms with Gasteiger partial charge in [-0.05, 0) is 47.8 Å². The number of hydrogen-bond donors (Lipinski definition) is 3. The largest absolute Gasteiger partial charge is 0.493 e.